The van der Waals surface area contributed by atoms with E-state index in [1.54, 1.807) is 6.92 Å². The number of alkyl halides is 9. The Morgan fingerprint density at radius 2 is 1.68 bits per heavy atom. The highest BCUT2D eigenvalue weighted by atomic mass is 19.4. The summed E-state index contributed by atoms with van der Waals surface area (Å²) in [6.45, 7) is -0.203. The standard InChI is InChI=1S/C25H26F9N7O3/c1-3-16-11-18(20-17(41(16)22(43)44-7-6-42)4-5-19(37-20)25(32,33)34)40(21(35)38-39-36-2)12-13-8-14(23(26,27)28)10-15(9-13)24(29,30)31/h4-5,8-10,16,18,42H,3,6-7,11-12H2,1-2H3,(H2,35,36,38)/t16-,18+/m1/s1. The van der Waals surface area contributed by atoms with Crippen LogP contribution in [-0.4, -0.2) is 53.3 Å². The van der Waals surface area contributed by atoms with Crippen LogP contribution in [0, 0.1) is 0 Å². The maximum Gasteiger partial charge on any atom is 0.433 e. The second kappa shape index (κ2) is 13.2. The molecule has 3 N–H and O–H groups in total. The van der Waals surface area contributed by atoms with E-state index in [1.165, 1.54) is 7.05 Å². The number of rotatable bonds is 7. The van der Waals surface area contributed by atoms with Crippen molar-refractivity contribution in [1.82, 2.24) is 9.88 Å². The van der Waals surface area contributed by atoms with E-state index < -0.39 is 90.5 Å². The average Bonchev–Trinajstić information content (AvgIpc) is 2.94. The zero-order valence-electron chi connectivity index (χ0n) is 23.0. The van der Waals surface area contributed by atoms with Crippen molar-refractivity contribution in [3.63, 3.8) is 0 Å². The van der Waals surface area contributed by atoms with Crippen LogP contribution in [0.4, 0.5) is 50.0 Å². The summed E-state index contributed by atoms with van der Waals surface area (Å²) in [4.78, 5) is 18.6. The molecule has 2 atom stereocenters. The Bertz CT molecular complexity index is 1360. The summed E-state index contributed by atoms with van der Waals surface area (Å²) in [6, 6.07) is 0.115. The number of pyridine rings is 1. The molecule has 0 unspecified atom stereocenters. The predicted molar refractivity (Wildman–Crippen MR) is 136 cm³/mol. The Morgan fingerprint density at radius 1 is 1.07 bits per heavy atom. The van der Waals surface area contributed by atoms with Crippen molar-refractivity contribution in [2.75, 3.05) is 25.2 Å². The highest BCUT2D eigenvalue weighted by Gasteiger charge is 2.43. The first-order valence-electron chi connectivity index (χ1n) is 12.7. The number of carbonyl (C=O) groups is 1. The number of nitrogens with two attached hydrogens (primary N) is 1. The number of aliphatic hydroxyl groups excluding tert-OH is 1. The fourth-order valence-corrected chi connectivity index (χ4v) is 4.63. The summed E-state index contributed by atoms with van der Waals surface area (Å²) in [5.41, 5.74) is 0.192. The Morgan fingerprint density at radius 3 is 2.18 bits per heavy atom. The number of anilines is 1. The molecule has 1 aromatic heterocycles. The van der Waals surface area contributed by atoms with E-state index in [0.29, 0.717) is 18.2 Å². The zero-order chi connectivity index (χ0) is 33.0. The second-order valence-corrected chi connectivity index (χ2v) is 9.41. The van der Waals surface area contributed by atoms with E-state index >= 15 is 0 Å². The number of hydrogen-bond acceptors (Lipinski definition) is 6. The van der Waals surface area contributed by atoms with Gasteiger partial charge < -0.3 is 20.5 Å². The minimum atomic E-state index is -5.18. The lowest BCUT2D eigenvalue weighted by Crippen LogP contribution is -2.50. The van der Waals surface area contributed by atoms with Crippen molar-refractivity contribution >= 4 is 17.7 Å². The van der Waals surface area contributed by atoms with Crippen molar-refractivity contribution in [1.29, 1.82) is 0 Å². The fraction of sp³-hybridized carbons (Fsp3) is 0.480. The molecule has 1 amide bonds. The van der Waals surface area contributed by atoms with Gasteiger partial charge in [-0.25, -0.2) is 9.78 Å². The van der Waals surface area contributed by atoms with Gasteiger partial charge in [0.25, 0.3) is 0 Å². The Balaban J connectivity index is 2.28. The lowest BCUT2D eigenvalue weighted by molar-refractivity contribution is -0.143. The molecule has 1 aliphatic rings. The summed E-state index contributed by atoms with van der Waals surface area (Å²) in [5.74, 6) is -0.622. The third kappa shape index (κ3) is 7.86. The molecular weight excluding hydrogens is 617 g/mol. The number of nitrogens with zero attached hydrogens (tertiary/aromatic N) is 6. The van der Waals surface area contributed by atoms with E-state index in [1.807, 2.05) is 0 Å². The quantitative estimate of drug-likeness (QED) is 0.123. The Hall–Kier alpha value is -4.16. The van der Waals surface area contributed by atoms with Gasteiger partial charge in [0, 0.05) is 12.6 Å². The van der Waals surface area contributed by atoms with E-state index in [9.17, 15) is 44.3 Å². The molecule has 3 rings (SSSR count). The lowest BCUT2D eigenvalue weighted by atomic mass is 9.91. The molecule has 0 aliphatic carbocycles. The minimum absolute atomic E-state index is 0.0767. The molecule has 242 valence electrons. The van der Waals surface area contributed by atoms with Gasteiger partial charge >= 0.3 is 24.6 Å². The first kappa shape index (κ1) is 34.3. The van der Waals surface area contributed by atoms with Crippen molar-refractivity contribution in [3.05, 3.63) is 58.4 Å². The number of carbonyl (C=O) groups excluding carboxylic acids is 1. The molecule has 1 aromatic carbocycles. The first-order valence-corrected chi connectivity index (χ1v) is 12.7. The molecule has 19 heteroatoms. The third-order valence-electron chi connectivity index (χ3n) is 6.52. The highest BCUT2D eigenvalue weighted by Crippen LogP contribution is 2.44. The van der Waals surface area contributed by atoms with Crippen LogP contribution in [0.2, 0.25) is 0 Å². The van der Waals surface area contributed by atoms with Crippen molar-refractivity contribution in [2.45, 2.75) is 56.9 Å². The van der Waals surface area contributed by atoms with Gasteiger partial charge in [-0.1, -0.05) is 12.0 Å². The van der Waals surface area contributed by atoms with Crippen LogP contribution in [0.5, 0.6) is 0 Å². The maximum absolute atomic E-state index is 13.7. The summed E-state index contributed by atoms with van der Waals surface area (Å²) in [6.07, 6.45) is -16.5. The summed E-state index contributed by atoms with van der Waals surface area (Å²) < 4.78 is 128. The zero-order valence-corrected chi connectivity index (χ0v) is 23.0. The maximum atomic E-state index is 13.7. The molecular formula is C25H26F9N7O3. The lowest BCUT2D eigenvalue weighted by Gasteiger charge is -2.43. The smallest absolute Gasteiger partial charge is 0.433 e. The van der Waals surface area contributed by atoms with Crippen LogP contribution < -0.4 is 10.6 Å². The molecule has 0 saturated carbocycles. The molecule has 0 radical (unpaired) electrons. The average molecular weight is 644 g/mol. The highest BCUT2D eigenvalue weighted by molar-refractivity contribution is 5.90. The second-order valence-electron chi connectivity index (χ2n) is 9.41. The van der Waals surface area contributed by atoms with E-state index in [0.717, 1.165) is 15.9 Å². The predicted octanol–water partition coefficient (Wildman–Crippen LogP) is 6.11. The number of aromatic nitrogens is 1. The molecule has 10 nitrogen and oxygen atoms in total. The summed E-state index contributed by atoms with van der Waals surface area (Å²) in [7, 11) is 1.18. The number of aliphatic hydroxyl groups is 1. The van der Waals surface area contributed by atoms with Gasteiger partial charge in [-0.2, -0.15) is 44.6 Å². The van der Waals surface area contributed by atoms with Gasteiger partial charge in [-0.3, -0.25) is 4.90 Å². The van der Waals surface area contributed by atoms with Crippen LogP contribution in [-0.2, 0) is 29.8 Å². The summed E-state index contributed by atoms with van der Waals surface area (Å²) in [5, 5.41) is 19.4. The van der Waals surface area contributed by atoms with Crippen LogP contribution >= 0.6 is 0 Å². The third-order valence-corrected chi connectivity index (χ3v) is 6.52. The number of guanidine groups is 1. The van der Waals surface area contributed by atoms with E-state index in [-0.39, 0.29) is 24.6 Å². The molecule has 44 heavy (non-hydrogen) atoms. The number of halogens is 9. The molecule has 2 aromatic rings. The normalized spacial score (nSPS) is 18.0. The topological polar surface area (TPSA) is 129 Å². The van der Waals surface area contributed by atoms with Crippen molar-refractivity contribution in [2.24, 2.45) is 21.2 Å². The monoisotopic (exact) mass is 643 g/mol. The van der Waals surface area contributed by atoms with Gasteiger partial charge in [-0.15, -0.1) is 0 Å². The first-order chi connectivity index (χ1) is 20.4. The van der Waals surface area contributed by atoms with Crippen molar-refractivity contribution in [3.8, 4) is 0 Å². The van der Waals surface area contributed by atoms with Crippen LogP contribution in [0.25, 0.3) is 0 Å². The van der Waals surface area contributed by atoms with Gasteiger partial charge in [0.15, 0.2) is 0 Å². The Kier molecular flexibility index (Phi) is 10.3. The van der Waals surface area contributed by atoms with E-state index in [2.05, 4.69) is 20.4 Å². The summed E-state index contributed by atoms with van der Waals surface area (Å²) >= 11 is 0. The number of ether oxygens (including phenoxy) is 1. The van der Waals surface area contributed by atoms with Gasteiger partial charge in [0.2, 0.25) is 5.96 Å². The van der Waals surface area contributed by atoms with Gasteiger partial charge in [0.1, 0.15) is 12.3 Å². The van der Waals surface area contributed by atoms with Crippen LogP contribution in [0.1, 0.15) is 53.9 Å². The fourth-order valence-electron chi connectivity index (χ4n) is 4.63. The minimum Gasteiger partial charge on any atom is -0.447 e. The molecule has 0 saturated heterocycles. The number of hydrogen-bond donors (Lipinski definition) is 2. The largest absolute Gasteiger partial charge is 0.447 e. The molecule has 0 fully saturated rings. The van der Waals surface area contributed by atoms with Crippen LogP contribution in [0.3, 0.4) is 0 Å². The number of fused-ring (bicyclic) bond motifs is 1. The molecule has 1 aliphatic heterocycles. The number of amides is 1. The van der Waals surface area contributed by atoms with Gasteiger partial charge in [-0.05, 0) is 54.0 Å². The Labute approximate surface area is 244 Å². The van der Waals surface area contributed by atoms with Gasteiger partial charge in [0.05, 0.1) is 42.2 Å². The van der Waals surface area contributed by atoms with Crippen molar-refractivity contribution < 1.29 is 54.2 Å². The van der Waals surface area contributed by atoms with Crippen LogP contribution in [0.15, 0.2) is 45.8 Å². The van der Waals surface area contributed by atoms with E-state index in [4.69, 9.17) is 15.6 Å². The molecule has 0 spiro atoms. The molecule has 2 heterocycles. The molecule has 0 bridgehead atoms. The SMILES string of the molecule is CC[C@@H]1C[C@H](N(Cc2cc(C(F)(F)F)cc(C(F)(F)F)c2)C(N)=NN=NC)c2nc(C(F)(F)F)ccc2N1C(=O)OCCO. The number of benzene rings is 1.